The van der Waals surface area contributed by atoms with E-state index in [1.165, 1.54) is 0 Å². The van der Waals surface area contributed by atoms with Gasteiger partial charge in [-0.2, -0.15) is 13.2 Å². The molecule has 0 fully saturated rings. The number of amides is 1. The lowest BCUT2D eigenvalue weighted by molar-refractivity contribution is -0.132. The summed E-state index contributed by atoms with van der Waals surface area (Å²) < 4.78 is 35.8. The van der Waals surface area contributed by atoms with Crippen molar-refractivity contribution in [3.63, 3.8) is 0 Å². The molecule has 0 atom stereocenters. The molecule has 0 aromatic carbocycles. The van der Waals surface area contributed by atoms with Gasteiger partial charge in [0, 0.05) is 18.5 Å². The van der Waals surface area contributed by atoms with Crippen molar-refractivity contribution in [1.29, 1.82) is 0 Å². The van der Waals surface area contributed by atoms with Crippen LogP contribution in [-0.4, -0.2) is 30.3 Å². The molecule has 0 aliphatic rings. The van der Waals surface area contributed by atoms with Crippen LogP contribution in [0, 0.1) is 11.8 Å². The third-order valence-corrected chi connectivity index (χ3v) is 2.94. The number of hydrogen-bond acceptors (Lipinski definition) is 3. The number of rotatable bonds is 4. The molecule has 0 saturated heterocycles. The highest BCUT2D eigenvalue weighted by Crippen LogP contribution is 2.19. The van der Waals surface area contributed by atoms with Crippen molar-refractivity contribution >= 4 is 17.2 Å². The Morgan fingerprint density at radius 3 is 2.84 bits per heavy atom. The van der Waals surface area contributed by atoms with Crippen molar-refractivity contribution in [2.75, 3.05) is 13.2 Å². The zero-order valence-electron chi connectivity index (χ0n) is 9.88. The molecule has 0 aliphatic carbocycles. The van der Waals surface area contributed by atoms with Crippen LogP contribution in [-0.2, 0) is 0 Å². The van der Waals surface area contributed by atoms with E-state index >= 15 is 0 Å². The van der Waals surface area contributed by atoms with Gasteiger partial charge in [-0.3, -0.25) is 4.79 Å². The number of aliphatic hydroxyl groups is 1. The third-order valence-electron chi connectivity index (χ3n) is 2.03. The van der Waals surface area contributed by atoms with Crippen molar-refractivity contribution in [3.05, 3.63) is 21.9 Å². The quantitative estimate of drug-likeness (QED) is 0.835. The average molecular weight is 291 g/mol. The number of nitrogens with one attached hydrogen (secondary N) is 1. The Labute approximate surface area is 112 Å². The van der Waals surface area contributed by atoms with E-state index in [1.807, 2.05) is 0 Å². The first-order valence-electron chi connectivity index (χ1n) is 5.46. The van der Waals surface area contributed by atoms with Crippen LogP contribution in [0.25, 0.3) is 0 Å². The molecule has 1 heterocycles. The predicted octanol–water partition coefficient (Wildman–Crippen LogP) is 2.16. The molecule has 0 bridgehead atoms. The summed E-state index contributed by atoms with van der Waals surface area (Å²) in [6, 6.07) is 1.62. The fourth-order valence-electron chi connectivity index (χ4n) is 1.20. The second-order valence-electron chi connectivity index (χ2n) is 3.56. The van der Waals surface area contributed by atoms with Gasteiger partial charge in [-0.25, -0.2) is 0 Å². The minimum atomic E-state index is -4.29. The molecule has 1 aromatic rings. The van der Waals surface area contributed by atoms with E-state index in [-0.39, 0.29) is 17.9 Å². The lowest BCUT2D eigenvalue weighted by atomic mass is 10.2. The molecule has 0 saturated carbocycles. The molecule has 0 aliphatic heterocycles. The molecule has 104 valence electrons. The minimum Gasteiger partial charge on any atom is -0.395 e. The second kappa shape index (κ2) is 7.16. The maximum absolute atomic E-state index is 11.9. The highest BCUT2D eigenvalue weighted by molar-refractivity contribution is 7.12. The van der Waals surface area contributed by atoms with Gasteiger partial charge in [-0.05, 0) is 11.4 Å². The fourth-order valence-corrected chi connectivity index (χ4v) is 1.96. The van der Waals surface area contributed by atoms with E-state index in [0.717, 1.165) is 11.3 Å². The molecular weight excluding hydrogens is 279 g/mol. The Morgan fingerprint density at radius 1 is 1.47 bits per heavy atom. The van der Waals surface area contributed by atoms with Crippen molar-refractivity contribution in [2.24, 2.45) is 0 Å². The first kappa shape index (κ1) is 15.5. The largest absolute Gasteiger partial charge is 0.395 e. The van der Waals surface area contributed by atoms with Gasteiger partial charge in [-0.15, -0.1) is 11.3 Å². The summed E-state index contributed by atoms with van der Waals surface area (Å²) >= 11 is 1.12. The summed E-state index contributed by atoms with van der Waals surface area (Å²) in [4.78, 5) is 11.9. The van der Waals surface area contributed by atoms with E-state index in [2.05, 4.69) is 17.2 Å². The maximum atomic E-state index is 11.9. The van der Waals surface area contributed by atoms with E-state index in [4.69, 9.17) is 5.11 Å². The smallest absolute Gasteiger partial charge is 0.390 e. The van der Waals surface area contributed by atoms with Gasteiger partial charge in [0.1, 0.15) is 4.88 Å². The Hall–Kier alpha value is -1.52. The number of thiophene rings is 1. The van der Waals surface area contributed by atoms with E-state index in [0.29, 0.717) is 5.56 Å². The topological polar surface area (TPSA) is 49.3 Å². The Morgan fingerprint density at radius 2 is 2.21 bits per heavy atom. The number of aliphatic hydroxyl groups excluding tert-OH is 1. The standard InChI is InChI=1S/C12H12F3NO2S/c13-12(14,15)5-6-16-11(18)10-9(4-8-19-10)3-1-2-7-17/h4,8,17H,2,5-7H2,(H,16,18). The molecule has 0 spiro atoms. The summed E-state index contributed by atoms with van der Waals surface area (Å²) in [6.07, 6.45) is -5.06. The zero-order chi connectivity index (χ0) is 14.3. The second-order valence-corrected chi connectivity index (χ2v) is 4.48. The number of alkyl halides is 3. The molecule has 3 nitrogen and oxygen atoms in total. The normalized spacial score (nSPS) is 10.7. The molecule has 2 N–H and O–H groups in total. The van der Waals surface area contributed by atoms with Crippen molar-refractivity contribution in [2.45, 2.75) is 19.0 Å². The summed E-state index contributed by atoms with van der Waals surface area (Å²) in [6.45, 7) is -0.534. The molecule has 0 unspecified atom stereocenters. The van der Waals surface area contributed by atoms with Crippen LogP contribution in [0.4, 0.5) is 13.2 Å². The minimum absolute atomic E-state index is 0.0791. The first-order chi connectivity index (χ1) is 8.94. The van der Waals surface area contributed by atoms with Crippen molar-refractivity contribution in [1.82, 2.24) is 5.32 Å². The van der Waals surface area contributed by atoms with Gasteiger partial charge in [0.25, 0.3) is 5.91 Å². The molecule has 7 heteroatoms. The van der Waals surface area contributed by atoms with Gasteiger partial charge >= 0.3 is 6.18 Å². The lowest BCUT2D eigenvalue weighted by Crippen LogP contribution is -2.27. The Kier molecular flexibility index (Phi) is 5.86. The average Bonchev–Trinajstić information content (AvgIpc) is 2.76. The predicted molar refractivity (Wildman–Crippen MR) is 65.9 cm³/mol. The Bertz CT molecular complexity index is 485. The van der Waals surface area contributed by atoms with Gasteiger partial charge in [-0.1, -0.05) is 11.8 Å². The summed E-state index contributed by atoms with van der Waals surface area (Å²) in [7, 11) is 0. The van der Waals surface area contributed by atoms with Crippen LogP contribution in [0.3, 0.4) is 0 Å². The molecule has 1 rings (SSSR count). The van der Waals surface area contributed by atoms with Crippen molar-refractivity contribution in [3.8, 4) is 11.8 Å². The summed E-state index contributed by atoms with van der Waals surface area (Å²) in [5.74, 6) is 4.80. The number of hydrogen-bond donors (Lipinski definition) is 2. The van der Waals surface area contributed by atoms with Crippen LogP contribution < -0.4 is 5.32 Å². The van der Waals surface area contributed by atoms with Crippen LogP contribution in [0.1, 0.15) is 28.1 Å². The van der Waals surface area contributed by atoms with Crippen LogP contribution in [0.15, 0.2) is 11.4 Å². The van der Waals surface area contributed by atoms with Gasteiger partial charge in [0.05, 0.1) is 13.0 Å². The van der Waals surface area contributed by atoms with E-state index in [9.17, 15) is 18.0 Å². The number of carbonyl (C=O) groups is 1. The monoisotopic (exact) mass is 291 g/mol. The number of halogens is 3. The maximum Gasteiger partial charge on any atom is 0.390 e. The fraction of sp³-hybridized carbons (Fsp3) is 0.417. The molecule has 1 amide bonds. The van der Waals surface area contributed by atoms with Gasteiger partial charge in [0.15, 0.2) is 0 Å². The highest BCUT2D eigenvalue weighted by Gasteiger charge is 2.26. The zero-order valence-corrected chi connectivity index (χ0v) is 10.7. The lowest BCUT2D eigenvalue weighted by Gasteiger charge is -2.07. The van der Waals surface area contributed by atoms with Crippen LogP contribution in [0.5, 0.6) is 0 Å². The van der Waals surface area contributed by atoms with Crippen LogP contribution >= 0.6 is 11.3 Å². The third kappa shape index (κ3) is 5.77. The Balaban J connectivity index is 2.59. The molecule has 19 heavy (non-hydrogen) atoms. The van der Waals surface area contributed by atoms with E-state index < -0.39 is 25.0 Å². The molecule has 1 aromatic heterocycles. The summed E-state index contributed by atoms with van der Waals surface area (Å²) in [5, 5.41) is 12.4. The molecule has 0 radical (unpaired) electrons. The first-order valence-corrected chi connectivity index (χ1v) is 6.34. The summed E-state index contributed by atoms with van der Waals surface area (Å²) in [5.41, 5.74) is 0.461. The number of carbonyl (C=O) groups excluding carboxylic acids is 1. The SMILES string of the molecule is O=C(NCCC(F)(F)F)c1sccc1C#CCCO. The van der Waals surface area contributed by atoms with Gasteiger partial charge < -0.3 is 10.4 Å². The highest BCUT2D eigenvalue weighted by atomic mass is 32.1. The van der Waals surface area contributed by atoms with Crippen LogP contribution in [0.2, 0.25) is 0 Å². The van der Waals surface area contributed by atoms with E-state index in [1.54, 1.807) is 11.4 Å². The van der Waals surface area contributed by atoms with Gasteiger partial charge in [0.2, 0.25) is 0 Å². The molecular formula is C12H12F3NO2S. The van der Waals surface area contributed by atoms with Crippen molar-refractivity contribution < 1.29 is 23.1 Å².